The topological polar surface area (TPSA) is 114 Å². The summed E-state index contributed by atoms with van der Waals surface area (Å²) >= 11 is 0. The Morgan fingerprint density at radius 1 is 0.938 bits per heavy atom. The SMILES string of the molecule is COc1cc(NC(=O)NCc2nc(N3CCCC3)nc(N3CCOCC3)n2)cc(OC)c1. The molecular weight excluding hydrogens is 414 g/mol. The molecule has 2 aliphatic heterocycles. The number of carbonyl (C=O) groups is 1. The van der Waals surface area contributed by atoms with Crippen molar-refractivity contribution < 1.29 is 19.0 Å². The highest BCUT2D eigenvalue weighted by atomic mass is 16.5. The van der Waals surface area contributed by atoms with E-state index in [0.29, 0.717) is 48.1 Å². The number of ether oxygens (including phenoxy) is 3. The normalized spacial score (nSPS) is 16.1. The Kier molecular flexibility index (Phi) is 7.05. The summed E-state index contributed by atoms with van der Waals surface area (Å²) in [5.41, 5.74) is 0.557. The van der Waals surface area contributed by atoms with E-state index in [1.807, 2.05) is 0 Å². The minimum Gasteiger partial charge on any atom is -0.497 e. The Morgan fingerprint density at radius 2 is 1.53 bits per heavy atom. The molecular formula is C21H29N7O4. The molecule has 2 aromatic rings. The van der Waals surface area contributed by atoms with Crippen LogP contribution >= 0.6 is 0 Å². The lowest BCUT2D eigenvalue weighted by atomic mass is 10.3. The lowest BCUT2D eigenvalue weighted by Crippen LogP contribution is -2.38. The molecule has 2 fully saturated rings. The fourth-order valence-electron chi connectivity index (χ4n) is 3.65. The van der Waals surface area contributed by atoms with Crippen molar-refractivity contribution in [3.05, 3.63) is 24.0 Å². The van der Waals surface area contributed by atoms with Crippen LogP contribution in [0.25, 0.3) is 0 Å². The zero-order valence-electron chi connectivity index (χ0n) is 18.5. The molecule has 2 N–H and O–H groups in total. The molecule has 3 heterocycles. The summed E-state index contributed by atoms with van der Waals surface area (Å²) in [7, 11) is 3.12. The van der Waals surface area contributed by atoms with Gasteiger partial charge in [0.2, 0.25) is 11.9 Å². The van der Waals surface area contributed by atoms with Crippen LogP contribution in [0.3, 0.4) is 0 Å². The van der Waals surface area contributed by atoms with Gasteiger partial charge in [-0.1, -0.05) is 0 Å². The van der Waals surface area contributed by atoms with Gasteiger partial charge in [-0.3, -0.25) is 0 Å². The first kappa shape index (κ1) is 21.9. The maximum atomic E-state index is 12.5. The third-order valence-electron chi connectivity index (χ3n) is 5.36. The number of rotatable bonds is 7. The highest BCUT2D eigenvalue weighted by molar-refractivity contribution is 5.89. The molecule has 2 amide bonds. The van der Waals surface area contributed by atoms with Gasteiger partial charge in [-0.2, -0.15) is 15.0 Å². The van der Waals surface area contributed by atoms with Crippen molar-refractivity contribution in [3.8, 4) is 11.5 Å². The first-order chi connectivity index (χ1) is 15.6. The van der Waals surface area contributed by atoms with Gasteiger partial charge in [0.25, 0.3) is 0 Å². The van der Waals surface area contributed by atoms with Crippen LogP contribution in [0, 0.1) is 0 Å². The first-order valence-corrected chi connectivity index (χ1v) is 10.7. The number of benzene rings is 1. The number of morpholine rings is 1. The molecule has 11 heteroatoms. The van der Waals surface area contributed by atoms with Crippen molar-refractivity contribution in [1.29, 1.82) is 0 Å². The molecule has 0 bridgehead atoms. The molecule has 172 valence electrons. The van der Waals surface area contributed by atoms with E-state index >= 15 is 0 Å². The number of urea groups is 1. The second kappa shape index (κ2) is 10.3. The Balaban J connectivity index is 1.45. The van der Waals surface area contributed by atoms with Crippen LogP contribution in [0.1, 0.15) is 18.7 Å². The van der Waals surface area contributed by atoms with E-state index in [-0.39, 0.29) is 12.6 Å². The zero-order chi connectivity index (χ0) is 22.3. The van der Waals surface area contributed by atoms with Crippen LogP contribution in [-0.4, -0.2) is 74.6 Å². The summed E-state index contributed by atoms with van der Waals surface area (Å²) in [6, 6.07) is 4.79. The van der Waals surface area contributed by atoms with Crippen molar-refractivity contribution >= 4 is 23.6 Å². The van der Waals surface area contributed by atoms with Gasteiger partial charge in [-0.25, -0.2) is 4.79 Å². The summed E-state index contributed by atoms with van der Waals surface area (Å²) in [6.45, 7) is 4.78. The van der Waals surface area contributed by atoms with Crippen LogP contribution in [0.15, 0.2) is 18.2 Å². The quantitative estimate of drug-likeness (QED) is 0.659. The molecule has 1 aromatic heterocycles. The van der Waals surface area contributed by atoms with E-state index in [4.69, 9.17) is 19.2 Å². The highest BCUT2D eigenvalue weighted by Crippen LogP contribution is 2.25. The van der Waals surface area contributed by atoms with E-state index in [9.17, 15) is 4.79 Å². The standard InChI is InChI=1S/C21H29N7O4/c1-30-16-11-15(12-17(13-16)31-2)23-21(29)22-14-18-24-19(27-5-3-4-6-27)26-20(25-18)28-7-9-32-10-8-28/h11-13H,3-10,14H2,1-2H3,(H2,22,23,29). The van der Waals surface area contributed by atoms with Gasteiger partial charge in [0.1, 0.15) is 11.5 Å². The number of aromatic nitrogens is 3. The monoisotopic (exact) mass is 443 g/mol. The molecule has 11 nitrogen and oxygen atoms in total. The predicted molar refractivity (Wildman–Crippen MR) is 120 cm³/mol. The molecule has 0 spiro atoms. The Hall–Kier alpha value is -3.34. The molecule has 0 radical (unpaired) electrons. The largest absolute Gasteiger partial charge is 0.497 e. The Morgan fingerprint density at radius 3 is 2.12 bits per heavy atom. The van der Waals surface area contributed by atoms with E-state index in [1.54, 1.807) is 32.4 Å². The van der Waals surface area contributed by atoms with E-state index in [1.165, 1.54) is 0 Å². The van der Waals surface area contributed by atoms with Crippen molar-refractivity contribution in [2.24, 2.45) is 0 Å². The Bertz CT molecular complexity index is 908. The molecule has 0 atom stereocenters. The average molecular weight is 444 g/mol. The lowest BCUT2D eigenvalue weighted by Gasteiger charge is -2.28. The van der Waals surface area contributed by atoms with E-state index in [0.717, 1.165) is 39.0 Å². The van der Waals surface area contributed by atoms with Crippen molar-refractivity contribution in [1.82, 2.24) is 20.3 Å². The minimum atomic E-state index is -0.378. The van der Waals surface area contributed by atoms with Gasteiger partial charge in [-0.05, 0) is 12.8 Å². The summed E-state index contributed by atoms with van der Waals surface area (Å²) in [5.74, 6) is 2.97. The smallest absolute Gasteiger partial charge is 0.319 e. The molecule has 1 aromatic carbocycles. The average Bonchev–Trinajstić information content (AvgIpc) is 3.38. The van der Waals surface area contributed by atoms with Crippen molar-refractivity contribution in [2.45, 2.75) is 19.4 Å². The summed E-state index contributed by atoms with van der Waals surface area (Å²) in [6.07, 6.45) is 2.25. The lowest BCUT2D eigenvalue weighted by molar-refractivity contribution is 0.122. The van der Waals surface area contributed by atoms with Crippen LogP contribution in [-0.2, 0) is 11.3 Å². The third kappa shape index (κ3) is 5.47. The van der Waals surface area contributed by atoms with Crippen molar-refractivity contribution in [3.63, 3.8) is 0 Å². The molecule has 0 aliphatic carbocycles. The number of carbonyl (C=O) groups excluding carboxylic acids is 1. The summed E-state index contributed by atoms with van der Waals surface area (Å²) in [5, 5.41) is 5.61. The van der Waals surface area contributed by atoms with E-state index < -0.39 is 0 Å². The molecule has 4 rings (SSSR count). The first-order valence-electron chi connectivity index (χ1n) is 10.7. The predicted octanol–water partition coefficient (Wildman–Crippen LogP) is 1.65. The number of anilines is 3. The number of hydrogen-bond donors (Lipinski definition) is 2. The number of nitrogens with zero attached hydrogens (tertiary/aromatic N) is 5. The zero-order valence-corrected chi connectivity index (χ0v) is 18.5. The Labute approximate surface area is 187 Å². The van der Waals surface area contributed by atoms with Crippen LogP contribution in [0.4, 0.5) is 22.4 Å². The number of nitrogens with one attached hydrogen (secondary N) is 2. The van der Waals surface area contributed by atoms with Gasteiger partial charge >= 0.3 is 6.03 Å². The highest BCUT2D eigenvalue weighted by Gasteiger charge is 2.21. The number of hydrogen-bond acceptors (Lipinski definition) is 9. The number of amides is 2. The second-order valence-corrected chi connectivity index (χ2v) is 7.55. The third-order valence-corrected chi connectivity index (χ3v) is 5.36. The van der Waals surface area contributed by atoms with Gasteiger partial charge < -0.3 is 34.6 Å². The number of methoxy groups -OCH3 is 2. The molecule has 2 aliphatic rings. The van der Waals surface area contributed by atoms with Gasteiger partial charge in [-0.15, -0.1) is 0 Å². The van der Waals surface area contributed by atoms with Gasteiger partial charge in [0.15, 0.2) is 5.82 Å². The van der Waals surface area contributed by atoms with Gasteiger partial charge in [0, 0.05) is 50.1 Å². The van der Waals surface area contributed by atoms with Gasteiger partial charge in [0.05, 0.1) is 34.0 Å². The van der Waals surface area contributed by atoms with Crippen LogP contribution in [0.5, 0.6) is 11.5 Å². The van der Waals surface area contributed by atoms with Crippen LogP contribution in [0.2, 0.25) is 0 Å². The van der Waals surface area contributed by atoms with E-state index in [2.05, 4.69) is 30.4 Å². The summed E-state index contributed by atoms with van der Waals surface area (Å²) < 4.78 is 15.9. The minimum absolute atomic E-state index is 0.174. The maximum absolute atomic E-state index is 12.5. The van der Waals surface area contributed by atoms with Crippen LogP contribution < -0.4 is 29.9 Å². The maximum Gasteiger partial charge on any atom is 0.319 e. The molecule has 0 unspecified atom stereocenters. The fourth-order valence-corrected chi connectivity index (χ4v) is 3.65. The molecule has 32 heavy (non-hydrogen) atoms. The second-order valence-electron chi connectivity index (χ2n) is 7.55. The fraction of sp³-hybridized carbons (Fsp3) is 0.524. The summed E-state index contributed by atoms with van der Waals surface area (Å²) in [4.78, 5) is 30.7. The molecule has 2 saturated heterocycles. The van der Waals surface area contributed by atoms with Crippen molar-refractivity contribution in [2.75, 3.05) is 68.7 Å². The molecule has 0 saturated carbocycles.